The fraction of sp³-hybridized carbons (Fsp3) is 0.231. The summed E-state index contributed by atoms with van der Waals surface area (Å²) in [5.74, 6) is -0.471. The van der Waals surface area contributed by atoms with E-state index in [0.29, 0.717) is 13.1 Å². The van der Waals surface area contributed by atoms with Gasteiger partial charge in [0.15, 0.2) is 0 Å². The van der Waals surface area contributed by atoms with Crippen LogP contribution in [0, 0.1) is 0 Å². The maximum absolute atomic E-state index is 12.1. The molecule has 0 unspecified atom stereocenters. The molecule has 0 aliphatic carbocycles. The minimum Gasteiger partial charge on any atom is -0.466 e. The van der Waals surface area contributed by atoms with Crippen molar-refractivity contribution >= 4 is 17.7 Å². The molecule has 5 heteroatoms. The Morgan fingerprint density at radius 2 is 2.00 bits per heavy atom. The van der Waals surface area contributed by atoms with Crippen LogP contribution < -0.4 is 4.90 Å². The molecule has 0 radical (unpaired) electrons. The minimum absolute atomic E-state index is 0.138. The molecule has 2 rings (SSSR count). The van der Waals surface area contributed by atoms with Gasteiger partial charge in [0.1, 0.15) is 0 Å². The van der Waals surface area contributed by atoms with E-state index < -0.39 is 5.97 Å². The molecule has 1 heterocycles. The molecule has 0 atom stereocenters. The number of carbonyl (C=O) groups excluding carboxylic acids is 2. The van der Waals surface area contributed by atoms with Gasteiger partial charge in [-0.2, -0.15) is 0 Å². The van der Waals surface area contributed by atoms with E-state index in [0.717, 1.165) is 5.69 Å². The second-order valence-electron chi connectivity index (χ2n) is 3.80. The highest BCUT2D eigenvalue weighted by atomic mass is 16.5. The molecular weight excluding hydrogens is 232 g/mol. The second-order valence-corrected chi connectivity index (χ2v) is 3.80. The van der Waals surface area contributed by atoms with E-state index in [1.165, 1.54) is 24.3 Å². The van der Waals surface area contributed by atoms with Crippen LogP contribution in [0.5, 0.6) is 0 Å². The van der Waals surface area contributed by atoms with Crippen molar-refractivity contribution in [2.75, 3.05) is 25.1 Å². The van der Waals surface area contributed by atoms with E-state index in [1.54, 1.807) is 4.90 Å². The molecule has 1 aliphatic rings. The Morgan fingerprint density at radius 3 is 2.67 bits per heavy atom. The lowest BCUT2D eigenvalue weighted by atomic mass is 10.3. The van der Waals surface area contributed by atoms with Gasteiger partial charge in [0.05, 0.1) is 7.11 Å². The van der Waals surface area contributed by atoms with Crippen molar-refractivity contribution in [2.24, 2.45) is 0 Å². The van der Waals surface area contributed by atoms with E-state index in [1.807, 2.05) is 30.3 Å². The van der Waals surface area contributed by atoms with Gasteiger partial charge in [-0.25, -0.2) is 9.59 Å². The Bertz CT molecular complexity index is 470. The molecule has 0 aromatic heterocycles. The van der Waals surface area contributed by atoms with Gasteiger partial charge in [-0.05, 0) is 12.1 Å². The first-order valence-electron chi connectivity index (χ1n) is 5.61. The highest BCUT2D eigenvalue weighted by Crippen LogP contribution is 2.19. The summed E-state index contributed by atoms with van der Waals surface area (Å²) in [6.45, 7) is 1.16. The molecule has 1 aromatic rings. The van der Waals surface area contributed by atoms with Gasteiger partial charge in [-0.1, -0.05) is 18.2 Å². The standard InChI is InChI=1S/C13H14N2O3/c1-18-12(16)7-8-14-9-10-15(13(14)17)11-5-3-2-4-6-11/h2-8H,9-10H2,1H3. The summed E-state index contributed by atoms with van der Waals surface area (Å²) in [6, 6.07) is 9.29. The van der Waals surface area contributed by atoms with Crippen LogP contribution in [0.25, 0.3) is 0 Å². The predicted octanol–water partition coefficient (Wildman–Crippen LogP) is 1.62. The van der Waals surface area contributed by atoms with Crippen molar-refractivity contribution in [3.63, 3.8) is 0 Å². The number of benzene rings is 1. The van der Waals surface area contributed by atoms with Gasteiger partial charge in [-0.3, -0.25) is 9.80 Å². The Hall–Kier alpha value is -2.30. The average molecular weight is 246 g/mol. The van der Waals surface area contributed by atoms with Crippen molar-refractivity contribution in [3.8, 4) is 0 Å². The maximum Gasteiger partial charge on any atom is 0.331 e. The van der Waals surface area contributed by atoms with Gasteiger partial charge in [0.2, 0.25) is 0 Å². The van der Waals surface area contributed by atoms with Gasteiger partial charge in [0.25, 0.3) is 0 Å². The summed E-state index contributed by atoms with van der Waals surface area (Å²) in [4.78, 5) is 26.2. The molecule has 0 spiro atoms. The fourth-order valence-electron chi connectivity index (χ4n) is 1.76. The number of hydrogen-bond donors (Lipinski definition) is 0. The van der Waals surface area contributed by atoms with Crippen molar-refractivity contribution < 1.29 is 14.3 Å². The molecule has 94 valence electrons. The first-order chi connectivity index (χ1) is 8.72. The summed E-state index contributed by atoms with van der Waals surface area (Å²) >= 11 is 0. The van der Waals surface area contributed by atoms with Crippen LogP contribution in [0.3, 0.4) is 0 Å². The summed E-state index contributed by atoms with van der Waals surface area (Å²) in [5.41, 5.74) is 0.858. The number of carbonyl (C=O) groups is 2. The number of methoxy groups -OCH3 is 1. The number of esters is 1. The number of urea groups is 1. The van der Waals surface area contributed by atoms with E-state index in [4.69, 9.17) is 0 Å². The number of para-hydroxylation sites is 1. The summed E-state index contributed by atoms with van der Waals surface area (Å²) < 4.78 is 4.48. The monoisotopic (exact) mass is 246 g/mol. The quantitative estimate of drug-likeness (QED) is 0.601. The number of hydrogen-bond acceptors (Lipinski definition) is 3. The summed E-state index contributed by atoms with van der Waals surface area (Å²) in [5, 5.41) is 0. The zero-order chi connectivity index (χ0) is 13.0. The zero-order valence-corrected chi connectivity index (χ0v) is 10.1. The Balaban J connectivity index is 2.06. The first-order valence-corrected chi connectivity index (χ1v) is 5.61. The van der Waals surface area contributed by atoms with Gasteiger partial charge in [0, 0.05) is 31.1 Å². The number of amides is 2. The Labute approximate surface area is 105 Å². The number of anilines is 1. The average Bonchev–Trinajstić information content (AvgIpc) is 2.78. The third-order valence-corrected chi connectivity index (χ3v) is 2.70. The third-order valence-electron chi connectivity index (χ3n) is 2.70. The third kappa shape index (κ3) is 2.51. The molecule has 1 fully saturated rings. The molecule has 0 bridgehead atoms. The topological polar surface area (TPSA) is 49.9 Å². The molecule has 1 aromatic carbocycles. The summed E-state index contributed by atoms with van der Waals surface area (Å²) in [7, 11) is 1.30. The zero-order valence-electron chi connectivity index (χ0n) is 10.1. The van der Waals surface area contributed by atoms with Gasteiger partial charge in [-0.15, -0.1) is 0 Å². The molecule has 0 saturated carbocycles. The molecular formula is C13H14N2O3. The van der Waals surface area contributed by atoms with E-state index in [2.05, 4.69) is 4.74 Å². The maximum atomic E-state index is 12.1. The fourth-order valence-corrected chi connectivity index (χ4v) is 1.76. The van der Waals surface area contributed by atoms with Crippen molar-refractivity contribution in [1.82, 2.24) is 4.90 Å². The van der Waals surface area contributed by atoms with Crippen molar-refractivity contribution in [1.29, 1.82) is 0 Å². The van der Waals surface area contributed by atoms with Crippen LogP contribution in [0.4, 0.5) is 10.5 Å². The smallest absolute Gasteiger partial charge is 0.331 e. The molecule has 1 saturated heterocycles. The van der Waals surface area contributed by atoms with E-state index in [9.17, 15) is 9.59 Å². The predicted molar refractivity (Wildman–Crippen MR) is 67.0 cm³/mol. The van der Waals surface area contributed by atoms with Gasteiger partial charge < -0.3 is 4.74 Å². The van der Waals surface area contributed by atoms with Crippen LogP contribution in [-0.2, 0) is 9.53 Å². The number of rotatable bonds is 3. The van der Waals surface area contributed by atoms with Crippen LogP contribution in [-0.4, -0.2) is 37.1 Å². The Kier molecular flexibility index (Phi) is 3.62. The summed E-state index contributed by atoms with van der Waals surface area (Å²) in [6.07, 6.45) is 2.70. The van der Waals surface area contributed by atoms with Gasteiger partial charge >= 0.3 is 12.0 Å². The van der Waals surface area contributed by atoms with E-state index in [-0.39, 0.29) is 6.03 Å². The van der Waals surface area contributed by atoms with Crippen LogP contribution in [0.15, 0.2) is 42.6 Å². The largest absolute Gasteiger partial charge is 0.466 e. The number of ether oxygens (including phenoxy) is 1. The molecule has 18 heavy (non-hydrogen) atoms. The normalized spacial score (nSPS) is 15.5. The minimum atomic E-state index is -0.471. The lowest BCUT2D eigenvalue weighted by Gasteiger charge is -2.15. The second kappa shape index (κ2) is 5.35. The Morgan fingerprint density at radius 1 is 1.28 bits per heavy atom. The van der Waals surface area contributed by atoms with Crippen LogP contribution in [0.2, 0.25) is 0 Å². The molecule has 1 aliphatic heterocycles. The molecule has 5 nitrogen and oxygen atoms in total. The highest BCUT2D eigenvalue weighted by Gasteiger charge is 2.27. The van der Waals surface area contributed by atoms with Crippen LogP contribution in [0.1, 0.15) is 0 Å². The first kappa shape index (κ1) is 12.2. The molecule has 0 N–H and O–H groups in total. The van der Waals surface area contributed by atoms with Crippen molar-refractivity contribution in [3.05, 3.63) is 42.6 Å². The lowest BCUT2D eigenvalue weighted by molar-refractivity contribution is -0.134. The highest BCUT2D eigenvalue weighted by molar-refractivity contribution is 5.95. The number of nitrogens with zero attached hydrogens (tertiary/aromatic N) is 2. The van der Waals surface area contributed by atoms with Crippen molar-refractivity contribution in [2.45, 2.75) is 0 Å². The van der Waals surface area contributed by atoms with E-state index >= 15 is 0 Å². The molecule has 2 amide bonds. The lowest BCUT2D eigenvalue weighted by Crippen LogP contribution is -2.28. The van der Waals surface area contributed by atoms with Crippen LogP contribution >= 0.6 is 0 Å². The SMILES string of the molecule is COC(=O)C=CN1CCN(c2ccccc2)C1=O.